The molecule has 0 N–H and O–H groups in total. The topological polar surface area (TPSA) is 0 Å². The van der Waals surface area contributed by atoms with Crippen molar-refractivity contribution in [3.63, 3.8) is 0 Å². The SMILES string of the molecule is SCC12CC3CC(C1)CC(CS)(C3)C2. The summed E-state index contributed by atoms with van der Waals surface area (Å²) in [4.78, 5) is 0. The van der Waals surface area contributed by atoms with E-state index in [0.29, 0.717) is 10.8 Å². The average Bonchev–Trinajstić information content (AvgIpc) is 2.16. The van der Waals surface area contributed by atoms with Gasteiger partial charge in [-0.05, 0) is 72.7 Å². The lowest BCUT2D eigenvalue weighted by Gasteiger charge is -2.62. The van der Waals surface area contributed by atoms with Crippen LogP contribution >= 0.6 is 25.3 Å². The van der Waals surface area contributed by atoms with Crippen LogP contribution in [0.25, 0.3) is 0 Å². The van der Waals surface area contributed by atoms with Crippen LogP contribution in [0.1, 0.15) is 38.5 Å². The lowest BCUT2D eigenvalue weighted by Crippen LogP contribution is -2.53. The first-order valence-electron chi connectivity index (χ1n) is 5.91. The summed E-state index contributed by atoms with van der Waals surface area (Å²) in [5.74, 6) is 4.29. The van der Waals surface area contributed by atoms with Crippen LogP contribution in [0.2, 0.25) is 0 Å². The molecule has 0 aromatic heterocycles. The minimum atomic E-state index is 0.621. The number of thiol groups is 2. The molecule has 4 aliphatic rings. The molecule has 4 bridgehead atoms. The van der Waals surface area contributed by atoms with E-state index >= 15 is 0 Å². The molecule has 0 unspecified atom stereocenters. The van der Waals surface area contributed by atoms with E-state index in [-0.39, 0.29) is 0 Å². The Labute approximate surface area is 98.0 Å². The average molecular weight is 228 g/mol. The third kappa shape index (κ3) is 1.29. The van der Waals surface area contributed by atoms with Crippen molar-refractivity contribution in [1.82, 2.24) is 0 Å². The van der Waals surface area contributed by atoms with Crippen LogP contribution in [0.15, 0.2) is 0 Å². The van der Waals surface area contributed by atoms with Crippen molar-refractivity contribution in [3.05, 3.63) is 0 Å². The van der Waals surface area contributed by atoms with Crippen LogP contribution in [0, 0.1) is 22.7 Å². The van der Waals surface area contributed by atoms with Gasteiger partial charge in [0.05, 0.1) is 0 Å². The Morgan fingerprint density at radius 1 is 0.857 bits per heavy atom. The molecule has 80 valence electrons. The van der Waals surface area contributed by atoms with Crippen molar-refractivity contribution in [2.75, 3.05) is 11.5 Å². The summed E-state index contributed by atoms with van der Waals surface area (Å²) in [6.45, 7) is 0. The maximum absolute atomic E-state index is 4.62. The van der Waals surface area contributed by atoms with E-state index in [1.165, 1.54) is 38.5 Å². The lowest BCUT2D eigenvalue weighted by atomic mass is 9.45. The smallest absolute Gasteiger partial charge is 0.00407 e. The van der Waals surface area contributed by atoms with Gasteiger partial charge in [0.25, 0.3) is 0 Å². The van der Waals surface area contributed by atoms with Crippen LogP contribution in [0.5, 0.6) is 0 Å². The van der Waals surface area contributed by atoms with Gasteiger partial charge in [-0.1, -0.05) is 0 Å². The Bertz CT molecular complexity index is 213. The van der Waals surface area contributed by atoms with Gasteiger partial charge >= 0.3 is 0 Å². The Morgan fingerprint density at radius 3 is 1.64 bits per heavy atom. The quantitative estimate of drug-likeness (QED) is 0.665. The summed E-state index contributed by atoms with van der Waals surface area (Å²) in [7, 11) is 0. The van der Waals surface area contributed by atoms with E-state index in [0.717, 1.165) is 23.3 Å². The first-order chi connectivity index (χ1) is 6.69. The van der Waals surface area contributed by atoms with Crippen molar-refractivity contribution in [1.29, 1.82) is 0 Å². The van der Waals surface area contributed by atoms with Gasteiger partial charge in [0.15, 0.2) is 0 Å². The van der Waals surface area contributed by atoms with Crippen molar-refractivity contribution < 1.29 is 0 Å². The molecule has 0 amide bonds. The van der Waals surface area contributed by atoms with Crippen LogP contribution < -0.4 is 0 Å². The highest BCUT2D eigenvalue weighted by atomic mass is 32.1. The van der Waals surface area contributed by atoms with Crippen molar-refractivity contribution in [3.8, 4) is 0 Å². The zero-order chi connectivity index (χ0) is 9.81. The zero-order valence-corrected chi connectivity index (χ0v) is 10.5. The van der Waals surface area contributed by atoms with Crippen LogP contribution in [0.3, 0.4) is 0 Å². The Balaban J connectivity index is 1.94. The summed E-state index contributed by atoms with van der Waals surface area (Å²) >= 11 is 9.23. The molecule has 4 aliphatic carbocycles. The van der Waals surface area contributed by atoms with Crippen LogP contribution in [-0.2, 0) is 0 Å². The van der Waals surface area contributed by atoms with Gasteiger partial charge < -0.3 is 0 Å². The monoisotopic (exact) mass is 228 g/mol. The molecule has 0 nitrogen and oxygen atoms in total. The van der Waals surface area contributed by atoms with Gasteiger partial charge in [-0.15, -0.1) is 0 Å². The molecular formula is C12H20S2. The first-order valence-corrected chi connectivity index (χ1v) is 7.18. The van der Waals surface area contributed by atoms with Crippen molar-refractivity contribution in [2.45, 2.75) is 38.5 Å². The molecular weight excluding hydrogens is 208 g/mol. The predicted octanol–water partition coefficient (Wildman–Crippen LogP) is 3.43. The highest BCUT2D eigenvalue weighted by Gasteiger charge is 2.56. The molecule has 0 atom stereocenters. The predicted molar refractivity (Wildman–Crippen MR) is 67.3 cm³/mol. The number of hydrogen-bond donors (Lipinski definition) is 2. The van der Waals surface area contributed by atoms with Gasteiger partial charge in [0.1, 0.15) is 0 Å². The van der Waals surface area contributed by atoms with Gasteiger partial charge in [-0.25, -0.2) is 0 Å². The molecule has 4 saturated carbocycles. The highest BCUT2D eigenvalue weighted by molar-refractivity contribution is 7.80. The number of hydrogen-bond acceptors (Lipinski definition) is 2. The molecule has 0 saturated heterocycles. The van der Waals surface area contributed by atoms with Crippen LogP contribution in [-0.4, -0.2) is 11.5 Å². The summed E-state index contributed by atoms with van der Waals surface area (Å²) in [6.07, 6.45) is 8.85. The van der Waals surface area contributed by atoms with E-state index in [1.54, 1.807) is 0 Å². The van der Waals surface area contributed by atoms with E-state index in [2.05, 4.69) is 25.3 Å². The van der Waals surface area contributed by atoms with Crippen molar-refractivity contribution in [2.24, 2.45) is 22.7 Å². The van der Waals surface area contributed by atoms with Crippen molar-refractivity contribution >= 4 is 25.3 Å². The fraction of sp³-hybridized carbons (Fsp3) is 1.00. The van der Waals surface area contributed by atoms with Gasteiger partial charge in [-0.3, -0.25) is 0 Å². The molecule has 0 spiro atoms. The summed E-state index contributed by atoms with van der Waals surface area (Å²) in [6, 6.07) is 0. The maximum Gasteiger partial charge on any atom is -0.00407 e. The summed E-state index contributed by atoms with van der Waals surface area (Å²) < 4.78 is 0. The molecule has 0 aromatic rings. The second kappa shape index (κ2) is 3.10. The molecule has 0 aliphatic heterocycles. The van der Waals surface area contributed by atoms with Crippen LogP contribution in [0.4, 0.5) is 0 Å². The van der Waals surface area contributed by atoms with Gasteiger partial charge in [0.2, 0.25) is 0 Å². The third-order valence-corrected chi connectivity index (χ3v) is 6.32. The summed E-state index contributed by atoms with van der Waals surface area (Å²) in [5, 5.41) is 0. The molecule has 14 heavy (non-hydrogen) atoms. The van der Waals surface area contributed by atoms with Gasteiger partial charge in [-0.2, -0.15) is 25.3 Å². The van der Waals surface area contributed by atoms with E-state index in [4.69, 9.17) is 0 Å². The van der Waals surface area contributed by atoms with Gasteiger partial charge in [0, 0.05) is 0 Å². The second-order valence-electron chi connectivity index (χ2n) is 6.28. The summed E-state index contributed by atoms with van der Waals surface area (Å²) in [5.41, 5.74) is 1.24. The first kappa shape index (κ1) is 9.89. The minimum absolute atomic E-state index is 0.621. The second-order valence-corrected chi connectivity index (χ2v) is 6.91. The molecule has 2 heteroatoms. The highest BCUT2D eigenvalue weighted by Crippen LogP contribution is 2.65. The molecule has 0 aromatic carbocycles. The van der Waals surface area contributed by atoms with E-state index in [9.17, 15) is 0 Å². The maximum atomic E-state index is 4.62. The largest absolute Gasteiger partial charge is 0.179 e. The fourth-order valence-corrected chi connectivity index (χ4v) is 5.76. The molecule has 0 heterocycles. The molecule has 4 rings (SSSR count). The van der Waals surface area contributed by atoms with E-state index in [1.807, 2.05) is 0 Å². The third-order valence-electron chi connectivity index (χ3n) is 4.97. The Hall–Kier alpha value is 0.700. The normalized spacial score (nSPS) is 55.3. The standard InChI is InChI=1S/C12H20S2/c13-7-11-2-9-1-10(4-11)5-12(3-9,6-11)8-14/h9-10,13-14H,1-8H2. The Kier molecular flexibility index (Phi) is 2.19. The molecule has 0 radical (unpaired) electrons. The lowest BCUT2D eigenvalue weighted by molar-refractivity contribution is -0.0867. The Morgan fingerprint density at radius 2 is 1.29 bits per heavy atom. The van der Waals surface area contributed by atoms with E-state index < -0.39 is 0 Å². The fourth-order valence-electron chi connectivity index (χ4n) is 5.02. The molecule has 4 fully saturated rings. The minimum Gasteiger partial charge on any atom is -0.179 e. The number of rotatable bonds is 2. The zero-order valence-electron chi connectivity index (χ0n) is 8.71.